The molecule has 0 saturated heterocycles. The van der Waals surface area contributed by atoms with Gasteiger partial charge in [0.25, 0.3) is 0 Å². The molecule has 0 bridgehead atoms. The van der Waals surface area contributed by atoms with Crippen molar-refractivity contribution in [2.75, 3.05) is 11.9 Å². The second-order valence-corrected chi connectivity index (χ2v) is 8.72. The van der Waals surface area contributed by atoms with Crippen molar-refractivity contribution in [2.24, 2.45) is 0 Å². The number of benzene rings is 1. The van der Waals surface area contributed by atoms with Gasteiger partial charge in [0.05, 0.1) is 17.4 Å². The second-order valence-electron chi connectivity index (χ2n) is 6.20. The van der Waals surface area contributed by atoms with Crippen LogP contribution in [0.5, 0.6) is 0 Å². The summed E-state index contributed by atoms with van der Waals surface area (Å²) in [6.45, 7) is 4.01. The van der Waals surface area contributed by atoms with Gasteiger partial charge in [-0.25, -0.2) is 4.79 Å². The molecule has 0 radical (unpaired) electrons. The molecule has 0 aliphatic heterocycles. The molecule has 1 aromatic carbocycles. The molecule has 0 saturated carbocycles. The molecule has 26 heavy (non-hydrogen) atoms. The van der Waals surface area contributed by atoms with E-state index in [9.17, 15) is 9.59 Å². The number of carbonyl (C=O) groups is 2. The maximum Gasteiger partial charge on any atom is 0.341 e. The lowest BCUT2D eigenvalue weighted by Gasteiger charge is -2.13. The Hall–Kier alpha value is -1.79. The van der Waals surface area contributed by atoms with Crippen molar-refractivity contribution in [1.82, 2.24) is 0 Å². The van der Waals surface area contributed by atoms with E-state index >= 15 is 0 Å². The third kappa shape index (κ3) is 4.30. The number of aryl methyl sites for hydroxylation is 1. The van der Waals surface area contributed by atoms with Crippen molar-refractivity contribution in [3.8, 4) is 0 Å². The molecule has 1 atom stereocenters. The molecule has 1 heterocycles. The van der Waals surface area contributed by atoms with Crippen LogP contribution in [0.25, 0.3) is 0 Å². The van der Waals surface area contributed by atoms with Gasteiger partial charge < -0.3 is 10.1 Å². The Labute approximate surface area is 162 Å². The molecule has 1 amide bonds. The highest BCUT2D eigenvalue weighted by atomic mass is 32.2. The third-order valence-electron chi connectivity index (χ3n) is 4.31. The summed E-state index contributed by atoms with van der Waals surface area (Å²) in [6.07, 6.45) is 4.05. The highest BCUT2D eigenvalue weighted by Crippen LogP contribution is 2.39. The van der Waals surface area contributed by atoms with Gasteiger partial charge in [-0.2, -0.15) is 0 Å². The number of esters is 1. The van der Waals surface area contributed by atoms with E-state index in [4.69, 9.17) is 4.74 Å². The number of hydrogen-bond acceptors (Lipinski definition) is 5. The predicted molar refractivity (Wildman–Crippen MR) is 107 cm³/mol. The molecule has 0 fully saturated rings. The first kappa shape index (κ1) is 19.0. The summed E-state index contributed by atoms with van der Waals surface area (Å²) in [5.74, 6) is -0.423. The van der Waals surface area contributed by atoms with Crippen LogP contribution >= 0.6 is 23.1 Å². The SMILES string of the molecule is CCOC(=O)c1c(NC(=O)[C@@H](C)Sc2ccccc2)sc2c1CCCC2. The van der Waals surface area contributed by atoms with Crippen LogP contribution in [0.1, 0.15) is 47.5 Å². The van der Waals surface area contributed by atoms with Crippen LogP contribution in [-0.2, 0) is 22.4 Å². The minimum atomic E-state index is -0.328. The van der Waals surface area contributed by atoms with E-state index in [-0.39, 0.29) is 17.1 Å². The van der Waals surface area contributed by atoms with E-state index < -0.39 is 0 Å². The fourth-order valence-corrected chi connectivity index (χ4v) is 5.21. The number of carbonyl (C=O) groups excluding carboxylic acids is 2. The molecule has 3 rings (SSSR count). The Morgan fingerprint density at radius 2 is 1.96 bits per heavy atom. The summed E-state index contributed by atoms with van der Waals surface area (Å²) in [6, 6.07) is 9.85. The Bertz CT molecular complexity index is 786. The molecule has 1 aromatic heterocycles. The summed E-state index contributed by atoms with van der Waals surface area (Å²) in [7, 11) is 0. The molecule has 0 spiro atoms. The van der Waals surface area contributed by atoms with Crippen molar-refractivity contribution in [3.05, 3.63) is 46.3 Å². The first-order valence-electron chi connectivity index (χ1n) is 8.94. The number of thioether (sulfide) groups is 1. The fraction of sp³-hybridized carbons (Fsp3) is 0.400. The van der Waals surface area contributed by atoms with Gasteiger partial charge in [0.2, 0.25) is 5.91 Å². The molecule has 138 valence electrons. The van der Waals surface area contributed by atoms with Crippen molar-refractivity contribution >= 4 is 40.0 Å². The minimum absolute atomic E-state index is 0.0944. The lowest BCUT2D eigenvalue weighted by atomic mass is 9.95. The summed E-state index contributed by atoms with van der Waals surface area (Å²) in [4.78, 5) is 27.4. The smallest absolute Gasteiger partial charge is 0.341 e. The van der Waals surface area contributed by atoms with Gasteiger partial charge in [-0.3, -0.25) is 4.79 Å². The average molecular weight is 390 g/mol. The van der Waals surface area contributed by atoms with Crippen LogP contribution in [0.15, 0.2) is 35.2 Å². The predicted octanol–water partition coefficient (Wildman–Crippen LogP) is 4.92. The Kier molecular flexibility index (Phi) is 6.38. The highest BCUT2D eigenvalue weighted by Gasteiger charge is 2.28. The summed E-state index contributed by atoms with van der Waals surface area (Å²) in [5, 5.41) is 3.37. The van der Waals surface area contributed by atoms with Gasteiger partial charge in [0, 0.05) is 9.77 Å². The Balaban J connectivity index is 1.79. The second kappa shape index (κ2) is 8.73. The normalized spacial score (nSPS) is 14.4. The zero-order valence-electron chi connectivity index (χ0n) is 15.0. The number of amides is 1. The maximum atomic E-state index is 12.7. The molecular weight excluding hydrogens is 366 g/mol. The molecule has 0 unspecified atom stereocenters. The largest absolute Gasteiger partial charge is 0.462 e. The highest BCUT2D eigenvalue weighted by molar-refractivity contribution is 8.00. The summed E-state index contributed by atoms with van der Waals surface area (Å²) >= 11 is 3.03. The van der Waals surface area contributed by atoms with Gasteiger partial charge >= 0.3 is 5.97 Å². The first-order chi connectivity index (χ1) is 12.6. The topological polar surface area (TPSA) is 55.4 Å². The Morgan fingerprint density at radius 1 is 1.23 bits per heavy atom. The fourth-order valence-electron chi connectivity index (χ4n) is 3.04. The number of anilines is 1. The first-order valence-corrected chi connectivity index (χ1v) is 10.6. The van der Waals surface area contributed by atoms with Crippen LogP contribution in [0.3, 0.4) is 0 Å². The zero-order chi connectivity index (χ0) is 18.5. The third-order valence-corrected chi connectivity index (χ3v) is 6.63. The van der Waals surface area contributed by atoms with E-state index in [1.807, 2.05) is 37.3 Å². The standard InChI is InChI=1S/C20H23NO3S2/c1-3-24-20(23)17-15-11-7-8-12-16(15)26-19(17)21-18(22)13(2)25-14-9-5-4-6-10-14/h4-6,9-10,13H,3,7-8,11-12H2,1-2H3,(H,21,22)/t13-/m1/s1. The van der Waals surface area contributed by atoms with Crippen molar-refractivity contribution in [2.45, 2.75) is 49.7 Å². The molecular formula is C20H23NO3S2. The van der Waals surface area contributed by atoms with E-state index in [2.05, 4.69) is 5.32 Å². The number of thiophene rings is 1. The van der Waals surface area contributed by atoms with Gasteiger partial charge in [0.15, 0.2) is 0 Å². The summed E-state index contributed by atoms with van der Waals surface area (Å²) in [5.41, 5.74) is 1.63. The average Bonchev–Trinajstić information content (AvgIpc) is 3.00. The molecule has 1 N–H and O–H groups in total. The van der Waals surface area contributed by atoms with Crippen LogP contribution in [0.4, 0.5) is 5.00 Å². The number of fused-ring (bicyclic) bond motifs is 1. The van der Waals surface area contributed by atoms with Gasteiger partial charge in [-0.15, -0.1) is 23.1 Å². The zero-order valence-corrected chi connectivity index (χ0v) is 16.7. The quantitative estimate of drug-likeness (QED) is 0.563. The van der Waals surface area contributed by atoms with Gasteiger partial charge in [-0.05, 0) is 57.2 Å². The number of ether oxygens (including phenoxy) is 1. The van der Waals surface area contributed by atoms with Crippen LogP contribution in [0, 0.1) is 0 Å². The Morgan fingerprint density at radius 3 is 2.69 bits per heavy atom. The van der Waals surface area contributed by atoms with E-state index in [1.54, 1.807) is 6.92 Å². The lowest BCUT2D eigenvalue weighted by Crippen LogP contribution is -2.23. The van der Waals surface area contributed by atoms with E-state index in [0.29, 0.717) is 17.2 Å². The number of hydrogen-bond donors (Lipinski definition) is 1. The number of nitrogens with one attached hydrogen (secondary N) is 1. The molecule has 4 nitrogen and oxygen atoms in total. The number of rotatable bonds is 6. The summed E-state index contributed by atoms with van der Waals surface area (Å²) < 4.78 is 5.24. The lowest BCUT2D eigenvalue weighted by molar-refractivity contribution is -0.115. The van der Waals surface area contributed by atoms with Crippen LogP contribution in [0.2, 0.25) is 0 Å². The molecule has 6 heteroatoms. The van der Waals surface area contributed by atoms with Crippen molar-refractivity contribution in [3.63, 3.8) is 0 Å². The molecule has 1 aliphatic carbocycles. The van der Waals surface area contributed by atoms with Crippen LogP contribution < -0.4 is 5.32 Å². The van der Waals surface area contributed by atoms with E-state index in [0.717, 1.165) is 36.1 Å². The van der Waals surface area contributed by atoms with E-state index in [1.165, 1.54) is 28.0 Å². The van der Waals surface area contributed by atoms with Crippen molar-refractivity contribution in [1.29, 1.82) is 0 Å². The van der Waals surface area contributed by atoms with Crippen molar-refractivity contribution < 1.29 is 14.3 Å². The monoisotopic (exact) mass is 389 g/mol. The minimum Gasteiger partial charge on any atom is -0.462 e. The van der Waals surface area contributed by atoms with Crippen LogP contribution in [-0.4, -0.2) is 23.7 Å². The molecule has 1 aliphatic rings. The maximum absolute atomic E-state index is 12.7. The van der Waals surface area contributed by atoms with Gasteiger partial charge in [-0.1, -0.05) is 18.2 Å². The molecule has 2 aromatic rings. The van der Waals surface area contributed by atoms with Gasteiger partial charge in [0.1, 0.15) is 5.00 Å².